The Hall–Kier alpha value is -0.610. The van der Waals surface area contributed by atoms with Gasteiger partial charge in [0.15, 0.2) is 0 Å². The van der Waals surface area contributed by atoms with Gasteiger partial charge in [0.25, 0.3) is 0 Å². The van der Waals surface area contributed by atoms with E-state index in [1.54, 1.807) is 0 Å². The van der Waals surface area contributed by atoms with Gasteiger partial charge in [0.1, 0.15) is 18.6 Å². The Morgan fingerprint density at radius 1 is 1.80 bits per heavy atom. The summed E-state index contributed by atoms with van der Waals surface area (Å²) in [5.74, 6) is -1.26. The molecule has 10 heavy (non-hydrogen) atoms. The third-order valence-electron chi connectivity index (χ3n) is 1.60. The zero-order valence-electron chi connectivity index (χ0n) is 5.65. The van der Waals surface area contributed by atoms with Crippen LogP contribution in [0.3, 0.4) is 0 Å². The molecule has 0 aliphatic carbocycles. The summed E-state index contributed by atoms with van der Waals surface area (Å²) in [6.07, 6.45) is -1.67. The summed E-state index contributed by atoms with van der Waals surface area (Å²) in [5, 5.41) is 18.0. The van der Waals surface area contributed by atoms with Crippen molar-refractivity contribution in [1.29, 1.82) is 0 Å². The lowest BCUT2D eigenvalue weighted by Gasteiger charge is -2.11. The normalized spacial score (nSPS) is 35.7. The van der Waals surface area contributed by atoms with E-state index in [1.807, 2.05) is 0 Å². The van der Waals surface area contributed by atoms with Gasteiger partial charge in [-0.05, 0) is 6.92 Å². The molecule has 1 aliphatic heterocycles. The summed E-state index contributed by atoms with van der Waals surface area (Å²) in [5.41, 5.74) is 0. The van der Waals surface area contributed by atoms with Crippen molar-refractivity contribution in [3.05, 3.63) is 0 Å². The Morgan fingerprint density at radius 2 is 2.40 bits per heavy atom. The van der Waals surface area contributed by atoms with Gasteiger partial charge < -0.3 is 14.9 Å². The van der Waals surface area contributed by atoms with Gasteiger partial charge in [-0.25, -0.2) is 0 Å². The van der Waals surface area contributed by atoms with Crippen LogP contribution in [0.15, 0.2) is 0 Å². The van der Waals surface area contributed by atoms with E-state index < -0.39 is 24.1 Å². The average Bonchev–Trinajstić information content (AvgIpc) is 2.11. The van der Waals surface area contributed by atoms with Crippen LogP contribution >= 0.6 is 0 Å². The fraction of sp³-hybridized carbons (Fsp3) is 0.833. The highest BCUT2D eigenvalue weighted by atomic mass is 16.6. The van der Waals surface area contributed by atoms with Gasteiger partial charge in [-0.2, -0.15) is 0 Å². The minimum Gasteiger partial charge on any atom is -0.463 e. The number of hydrogen-bond acceptors (Lipinski definition) is 4. The van der Waals surface area contributed by atoms with Crippen molar-refractivity contribution in [2.75, 3.05) is 6.61 Å². The number of rotatable bonds is 1. The molecule has 0 saturated carbocycles. The Bertz CT molecular complexity index is 143. The molecule has 2 unspecified atom stereocenters. The first kappa shape index (κ1) is 7.50. The third-order valence-corrected chi connectivity index (χ3v) is 1.60. The Labute approximate surface area is 58.4 Å². The summed E-state index contributed by atoms with van der Waals surface area (Å²) < 4.78 is 4.49. The molecule has 0 radical (unpaired) electrons. The van der Waals surface area contributed by atoms with Crippen LogP contribution in [-0.4, -0.2) is 35.0 Å². The number of hydrogen-bond donors (Lipinski definition) is 2. The zero-order valence-corrected chi connectivity index (χ0v) is 5.65. The second-order valence-electron chi connectivity index (χ2n) is 2.46. The number of carbonyl (C=O) groups excluding carboxylic acids is 1. The van der Waals surface area contributed by atoms with Gasteiger partial charge in [-0.15, -0.1) is 0 Å². The van der Waals surface area contributed by atoms with Gasteiger partial charge in [0, 0.05) is 0 Å². The maximum atomic E-state index is 10.7. The standard InChI is InChI=1S/C6H10O4/c1-3(7)5-4(8)2-10-6(5)9/h3-5,7-8H,2H2,1H3/t3?,4-,5?/m0/s1. The molecule has 3 atom stereocenters. The molecule has 0 aromatic heterocycles. The fourth-order valence-corrected chi connectivity index (χ4v) is 1.04. The van der Waals surface area contributed by atoms with Crippen LogP contribution in [-0.2, 0) is 9.53 Å². The number of aliphatic hydroxyl groups excluding tert-OH is 2. The van der Waals surface area contributed by atoms with E-state index in [0.717, 1.165) is 0 Å². The van der Waals surface area contributed by atoms with Crippen LogP contribution in [0.4, 0.5) is 0 Å². The van der Waals surface area contributed by atoms with E-state index >= 15 is 0 Å². The van der Waals surface area contributed by atoms with Crippen molar-refractivity contribution >= 4 is 5.97 Å². The van der Waals surface area contributed by atoms with Crippen LogP contribution < -0.4 is 0 Å². The van der Waals surface area contributed by atoms with Crippen molar-refractivity contribution in [2.45, 2.75) is 19.1 Å². The van der Waals surface area contributed by atoms with Crippen molar-refractivity contribution < 1.29 is 19.7 Å². The first-order chi connectivity index (χ1) is 4.63. The number of cyclic esters (lactones) is 1. The molecule has 1 rings (SSSR count). The van der Waals surface area contributed by atoms with Crippen molar-refractivity contribution in [2.24, 2.45) is 5.92 Å². The molecule has 58 valence electrons. The summed E-state index contributed by atoms with van der Waals surface area (Å²) in [6.45, 7) is 1.47. The summed E-state index contributed by atoms with van der Waals surface area (Å²) >= 11 is 0. The molecule has 1 saturated heterocycles. The number of ether oxygens (including phenoxy) is 1. The molecule has 1 heterocycles. The molecule has 1 aliphatic rings. The second kappa shape index (κ2) is 2.56. The molecule has 4 nitrogen and oxygen atoms in total. The second-order valence-corrected chi connectivity index (χ2v) is 2.46. The van der Waals surface area contributed by atoms with Crippen LogP contribution in [0.5, 0.6) is 0 Å². The van der Waals surface area contributed by atoms with Gasteiger partial charge in [-0.1, -0.05) is 0 Å². The van der Waals surface area contributed by atoms with E-state index in [-0.39, 0.29) is 6.61 Å². The molecule has 4 heteroatoms. The molecular weight excluding hydrogens is 136 g/mol. The topological polar surface area (TPSA) is 66.8 Å². The van der Waals surface area contributed by atoms with Gasteiger partial charge >= 0.3 is 5.97 Å². The summed E-state index contributed by atoms with van der Waals surface area (Å²) in [6, 6.07) is 0. The molecule has 1 fully saturated rings. The SMILES string of the molecule is CC(O)C1C(=O)OC[C@@H]1O. The largest absolute Gasteiger partial charge is 0.463 e. The molecule has 0 bridgehead atoms. The van der Waals surface area contributed by atoms with E-state index in [9.17, 15) is 4.79 Å². The lowest BCUT2D eigenvalue weighted by Crippen LogP contribution is -2.30. The highest BCUT2D eigenvalue weighted by Crippen LogP contribution is 2.18. The highest BCUT2D eigenvalue weighted by Gasteiger charge is 2.38. The van der Waals surface area contributed by atoms with E-state index in [2.05, 4.69) is 4.74 Å². The minimum absolute atomic E-state index is 0.00833. The molecule has 0 amide bonds. The Kier molecular flexibility index (Phi) is 1.92. The smallest absolute Gasteiger partial charge is 0.314 e. The van der Waals surface area contributed by atoms with Crippen LogP contribution in [0.25, 0.3) is 0 Å². The molecule has 0 aromatic rings. The average molecular weight is 146 g/mol. The van der Waals surface area contributed by atoms with Crippen LogP contribution in [0.1, 0.15) is 6.92 Å². The van der Waals surface area contributed by atoms with Crippen molar-refractivity contribution in [1.82, 2.24) is 0 Å². The van der Waals surface area contributed by atoms with Gasteiger partial charge in [0.2, 0.25) is 0 Å². The van der Waals surface area contributed by atoms with Crippen molar-refractivity contribution in [3.63, 3.8) is 0 Å². The number of aliphatic hydroxyl groups is 2. The van der Waals surface area contributed by atoms with E-state index in [0.29, 0.717) is 0 Å². The predicted octanol–water partition coefficient (Wildman–Crippen LogP) is -1.10. The predicted molar refractivity (Wildman–Crippen MR) is 32.1 cm³/mol. The Balaban J connectivity index is 2.63. The minimum atomic E-state index is -0.840. The lowest BCUT2D eigenvalue weighted by atomic mass is 10.0. The lowest BCUT2D eigenvalue weighted by molar-refractivity contribution is -0.143. The van der Waals surface area contributed by atoms with Gasteiger partial charge in [-0.3, -0.25) is 4.79 Å². The number of carbonyl (C=O) groups is 1. The maximum absolute atomic E-state index is 10.7. The maximum Gasteiger partial charge on any atom is 0.314 e. The Morgan fingerprint density at radius 3 is 2.60 bits per heavy atom. The molecular formula is C6H10O4. The van der Waals surface area contributed by atoms with E-state index in [1.165, 1.54) is 6.92 Å². The van der Waals surface area contributed by atoms with Crippen LogP contribution in [0.2, 0.25) is 0 Å². The molecule has 2 N–H and O–H groups in total. The quantitative estimate of drug-likeness (QED) is 0.461. The first-order valence-corrected chi connectivity index (χ1v) is 3.15. The summed E-state index contributed by atoms with van der Waals surface area (Å²) in [7, 11) is 0. The molecule has 0 aromatic carbocycles. The number of esters is 1. The van der Waals surface area contributed by atoms with Crippen molar-refractivity contribution in [3.8, 4) is 0 Å². The molecule has 0 spiro atoms. The highest BCUT2D eigenvalue weighted by molar-refractivity contribution is 5.75. The van der Waals surface area contributed by atoms with Crippen LogP contribution in [0, 0.1) is 5.92 Å². The third kappa shape index (κ3) is 1.12. The first-order valence-electron chi connectivity index (χ1n) is 3.15. The zero-order chi connectivity index (χ0) is 7.72. The van der Waals surface area contributed by atoms with Gasteiger partial charge in [0.05, 0.1) is 6.10 Å². The monoisotopic (exact) mass is 146 g/mol. The fourth-order valence-electron chi connectivity index (χ4n) is 1.04. The van der Waals surface area contributed by atoms with E-state index in [4.69, 9.17) is 10.2 Å². The summed E-state index contributed by atoms with van der Waals surface area (Å²) in [4.78, 5) is 10.7.